The number of amides is 1. The van der Waals surface area contributed by atoms with E-state index in [2.05, 4.69) is 30.9 Å². The van der Waals surface area contributed by atoms with E-state index >= 15 is 0 Å². The van der Waals surface area contributed by atoms with E-state index in [0.29, 0.717) is 37.3 Å². The highest BCUT2D eigenvalue weighted by molar-refractivity contribution is 8.26. The summed E-state index contributed by atoms with van der Waals surface area (Å²) < 4.78 is 17.1. The van der Waals surface area contributed by atoms with E-state index < -0.39 is 5.91 Å². The maximum atomic E-state index is 12.6. The van der Waals surface area contributed by atoms with E-state index in [0.717, 1.165) is 29.2 Å². The summed E-state index contributed by atoms with van der Waals surface area (Å²) in [5, 5.41) is 15.7. The van der Waals surface area contributed by atoms with Crippen molar-refractivity contribution in [2.75, 3.05) is 26.4 Å². The number of carbonyl (C=O) groups is 1. The minimum Gasteiger partial charge on any atom is -0.491 e. The minimum absolute atomic E-state index is 0.0336. The summed E-state index contributed by atoms with van der Waals surface area (Å²) in [5.74, 6) is 1.09. The summed E-state index contributed by atoms with van der Waals surface area (Å²) in [5.41, 5.74) is 3.38. The number of benzene rings is 2. The van der Waals surface area contributed by atoms with Gasteiger partial charge in [-0.3, -0.25) is 10.2 Å². The number of nitrogens with one attached hydrogen (secondary N) is 1. The molecule has 0 radical (unpaired) electrons. The molecule has 0 unspecified atom stereocenters. The molecule has 0 fully saturated rings. The van der Waals surface area contributed by atoms with Crippen molar-refractivity contribution in [2.45, 2.75) is 33.6 Å². The molecule has 1 N–H and O–H groups in total. The van der Waals surface area contributed by atoms with Crippen LogP contribution >= 0.6 is 11.8 Å². The molecule has 0 bridgehead atoms. The number of hydrogen-bond donors (Lipinski definition) is 1. The molecule has 8 nitrogen and oxygen atoms in total. The van der Waals surface area contributed by atoms with Gasteiger partial charge in [-0.15, -0.1) is 0 Å². The van der Waals surface area contributed by atoms with E-state index in [-0.39, 0.29) is 11.4 Å². The van der Waals surface area contributed by atoms with Crippen molar-refractivity contribution < 1.29 is 19.0 Å². The summed E-state index contributed by atoms with van der Waals surface area (Å²) in [4.78, 5) is 16.7. The van der Waals surface area contributed by atoms with Crippen LogP contribution < -0.4 is 9.47 Å². The molecule has 0 spiro atoms. The lowest BCUT2D eigenvalue weighted by Gasteiger charge is -2.20. The zero-order chi connectivity index (χ0) is 25.5. The highest BCUT2D eigenvalue weighted by Gasteiger charge is 2.35. The van der Waals surface area contributed by atoms with Gasteiger partial charge in [0.2, 0.25) is 5.17 Å². The molecule has 0 saturated carbocycles. The number of rotatable bonds is 11. The van der Waals surface area contributed by atoms with Gasteiger partial charge in [0.05, 0.1) is 18.8 Å². The second-order valence-corrected chi connectivity index (χ2v) is 9.43. The second kappa shape index (κ2) is 12.0. The molecule has 1 amide bonds. The summed E-state index contributed by atoms with van der Waals surface area (Å²) in [7, 11) is 0. The van der Waals surface area contributed by atoms with Crippen LogP contribution in [0, 0.1) is 19.3 Å². The Kier molecular flexibility index (Phi) is 8.56. The number of aryl methyl sites for hydroxylation is 2. The number of hydrazone groups is 1. The fourth-order valence-electron chi connectivity index (χ4n) is 3.55. The monoisotopic (exact) mass is 506 g/mol. The number of fused-ring (bicyclic) bond motifs is 1. The zero-order valence-electron chi connectivity index (χ0n) is 20.7. The van der Waals surface area contributed by atoms with Crippen LogP contribution in [-0.4, -0.2) is 53.4 Å². The van der Waals surface area contributed by atoms with Crippen molar-refractivity contribution in [3.63, 3.8) is 0 Å². The molecule has 0 aliphatic carbocycles. The molecule has 2 aliphatic heterocycles. The van der Waals surface area contributed by atoms with Crippen molar-refractivity contribution in [1.29, 1.82) is 5.41 Å². The van der Waals surface area contributed by atoms with Crippen LogP contribution in [0.3, 0.4) is 0 Å². The molecule has 2 heterocycles. The van der Waals surface area contributed by atoms with Crippen LogP contribution in [0.4, 0.5) is 0 Å². The van der Waals surface area contributed by atoms with Gasteiger partial charge in [-0.2, -0.15) is 15.1 Å². The van der Waals surface area contributed by atoms with Gasteiger partial charge in [0, 0.05) is 0 Å². The van der Waals surface area contributed by atoms with Gasteiger partial charge in [-0.1, -0.05) is 25.1 Å². The Morgan fingerprint density at radius 2 is 1.75 bits per heavy atom. The Morgan fingerprint density at radius 3 is 2.47 bits per heavy atom. The molecular formula is C27H30N4O4S. The number of ether oxygens (including phenoxy) is 3. The average molecular weight is 507 g/mol. The van der Waals surface area contributed by atoms with Crippen LogP contribution in [0.2, 0.25) is 0 Å². The summed E-state index contributed by atoms with van der Waals surface area (Å²) in [6, 6.07) is 13.4. The quantitative estimate of drug-likeness (QED) is 0.333. The first-order valence-corrected chi connectivity index (χ1v) is 12.8. The maximum Gasteiger partial charge on any atom is 0.283 e. The average Bonchev–Trinajstić information content (AvgIpc) is 3.26. The Bertz CT molecular complexity index is 1240. The van der Waals surface area contributed by atoms with E-state index in [1.165, 1.54) is 27.9 Å². The molecule has 2 aromatic rings. The van der Waals surface area contributed by atoms with Crippen molar-refractivity contribution in [3.8, 4) is 11.5 Å². The number of carbonyl (C=O) groups excluding carboxylic acids is 1. The predicted octanol–water partition coefficient (Wildman–Crippen LogP) is 5.20. The van der Waals surface area contributed by atoms with Crippen molar-refractivity contribution in [3.05, 3.63) is 64.7 Å². The first-order valence-electron chi connectivity index (χ1n) is 11.9. The molecule has 0 saturated heterocycles. The Morgan fingerprint density at radius 1 is 1.00 bits per heavy atom. The fourth-order valence-corrected chi connectivity index (χ4v) is 4.54. The summed E-state index contributed by atoms with van der Waals surface area (Å²) >= 11 is 1.35. The molecule has 2 aromatic carbocycles. The van der Waals surface area contributed by atoms with Gasteiger partial charge in [-0.25, -0.2) is 0 Å². The van der Waals surface area contributed by atoms with E-state index in [4.69, 9.17) is 19.6 Å². The van der Waals surface area contributed by atoms with Crippen LogP contribution in [0.5, 0.6) is 11.5 Å². The SMILES string of the molecule is CCCC1=NN2C(=N)/C(=C/c3cccc(OCCOCCOc4ccc(C)c(C)c4)c3)C(=O)N=C2S1. The van der Waals surface area contributed by atoms with Crippen LogP contribution in [-0.2, 0) is 9.53 Å². The molecule has 0 atom stereocenters. The normalized spacial score (nSPS) is 16.2. The van der Waals surface area contributed by atoms with E-state index in [1.54, 1.807) is 6.08 Å². The fraction of sp³-hybridized carbons (Fsp3) is 0.333. The van der Waals surface area contributed by atoms with Crippen LogP contribution in [0.15, 0.2) is 58.1 Å². The Balaban J connectivity index is 1.25. The topological polar surface area (TPSA) is 96.6 Å². The molecule has 4 rings (SSSR count). The molecule has 0 aromatic heterocycles. The highest BCUT2D eigenvalue weighted by Crippen LogP contribution is 2.30. The molecule has 188 valence electrons. The van der Waals surface area contributed by atoms with Crippen LogP contribution in [0.1, 0.15) is 36.5 Å². The van der Waals surface area contributed by atoms with Gasteiger partial charge >= 0.3 is 0 Å². The standard InChI is InChI=1S/C27H30N4O4S/c1-4-6-24-30-31-25(28)23(26(32)29-27(31)36-24)17-20-7-5-8-21(16-20)34-13-11-33-12-14-35-22-10-9-18(2)19(3)15-22/h5,7-10,15-17,28H,4,6,11-14H2,1-3H3/b23-17-,28-25?. The van der Waals surface area contributed by atoms with Crippen LogP contribution in [0.25, 0.3) is 6.08 Å². The van der Waals surface area contributed by atoms with Gasteiger partial charge in [0.15, 0.2) is 5.84 Å². The molecular weight excluding hydrogens is 476 g/mol. The number of thioether (sulfide) groups is 1. The highest BCUT2D eigenvalue weighted by atomic mass is 32.2. The Labute approximate surface area is 215 Å². The number of aliphatic imine (C=N–C) groups is 1. The van der Waals surface area contributed by atoms with Crippen molar-refractivity contribution >= 4 is 39.8 Å². The number of hydrogen-bond acceptors (Lipinski definition) is 7. The van der Waals surface area contributed by atoms with Gasteiger partial charge in [0.1, 0.15) is 29.8 Å². The van der Waals surface area contributed by atoms with Crippen molar-refractivity contribution in [1.82, 2.24) is 5.01 Å². The lowest BCUT2D eigenvalue weighted by atomic mass is 10.1. The van der Waals surface area contributed by atoms with Crippen molar-refractivity contribution in [2.24, 2.45) is 10.1 Å². The lowest BCUT2D eigenvalue weighted by Crippen LogP contribution is -2.35. The lowest BCUT2D eigenvalue weighted by molar-refractivity contribution is -0.114. The summed E-state index contributed by atoms with van der Waals surface area (Å²) in [6.45, 7) is 7.93. The zero-order valence-corrected chi connectivity index (χ0v) is 21.6. The predicted molar refractivity (Wildman–Crippen MR) is 144 cm³/mol. The summed E-state index contributed by atoms with van der Waals surface area (Å²) in [6.07, 6.45) is 3.38. The Hall–Kier alpha value is -3.43. The molecule has 9 heteroatoms. The van der Waals surface area contributed by atoms with Gasteiger partial charge in [0.25, 0.3) is 5.91 Å². The third-order valence-electron chi connectivity index (χ3n) is 5.60. The second-order valence-electron chi connectivity index (χ2n) is 8.39. The first kappa shape index (κ1) is 25.7. The third kappa shape index (κ3) is 6.41. The largest absolute Gasteiger partial charge is 0.491 e. The van der Waals surface area contributed by atoms with Gasteiger partial charge in [-0.05, 0) is 85.5 Å². The number of nitrogens with zero attached hydrogens (tertiary/aromatic N) is 3. The van der Waals surface area contributed by atoms with E-state index in [9.17, 15) is 4.79 Å². The maximum absolute atomic E-state index is 12.6. The first-order chi connectivity index (χ1) is 17.4. The smallest absolute Gasteiger partial charge is 0.283 e. The van der Waals surface area contributed by atoms with Gasteiger partial charge < -0.3 is 14.2 Å². The van der Waals surface area contributed by atoms with E-state index in [1.807, 2.05) is 42.5 Å². The third-order valence-corrected chi connectivity index (χ3v) is 6.57. The number of amidine groups is 2. The molecule has 2 aliphatic rings. The molecule has 36 heavy (non-hydrogen) atoms. The minimum atomic E-state index is -0.436.